The van der Waals surface area contributed by atoms with Crippen molar-refractivity contribution in [2.24, 2.45) is 11.8 Å². The van der Waals surface area contributed by atoms with E-state index in [0.29, 0.717) is 32.5 Å². The first-order chi connectivity index (χ1) is 12.1. The van der Waals surface area contributed by atoms with E-state index in [2.05, 4.69) is 0 Å². The highest BCUT2D eigenvalue weighted by molar-refractivity contribution is 5.86. The molecule has 2 bridgehead atoms. The van der Waals surface area contributed by atoms with Crippen LogP contribution in [-0.4, -0.2) is 53.3 Å². The maximum absolute atomic E-state index is 12.7. The van der Waals surface area contributed by atoms with Crippen LogP contribution in [0.2, 0.25) is 0 Å². The third-order valence-corrected chi connectivity index (χ3v) is 5.59. The van der Waals surface area contributed by atoms with Crippen molar-refractivity contribution in [3.8, 4) is 0 Å². The van der Waals surface area contributed by atoms with Crippen LogP contribution in [-0.2, 0) is 20.9 Å². The van der Waals surface area contributed by atoms with Gasteiger partial charge >= 0.3 is 6.09 Å². The summed E-state index contributed by atoms with van der Waals surface area (Å²) >= 11 is 0. The molecule has 4 rings (SSSR count). The van der Waals surface area contributed by atoms with Crippen molar-refractivity contribution in [3.05, 3.63) is 35.9 Å². The molecule has 6 nitrogen and oxygen atoms in total. The third-order valence-electron chi connectivity index (χ3n) is 5.59. The smallest absolute Gasteiger partial charge is 0.410 e. The molecule has 3 fully saturated rings. The van der Waals surface area contributed by atoms with Crippen LogP contribution in [0.1, 0.15) is 24.8 Å². The molecule has 2 amide bonds. The number of carbonyl (C=O) groups excluding carboxylic acids is 3. The quantitative estimate of drug-likeness (QED) is 0.822. The van der Waals surface area contributed by atoms with E-state index in [4.69, 9.17) is 4.74 Å². The number of carbonyl (C=O) groups is 3. The second-order valence-electron chi connectivity index (χ2n) is 7.23. The van der Waals surface area contributed by atoms with Gasteiger partial charge in [0.1, 0.15) is 12.4 Å². The maximum atomic E-state index is 12.7. The summed E-state index contributed by atoms with van der Waals surface area (Å²) in [6.07, 6.45) is 1.29. The summed E-state index contributed by atoms with van der Waals surface area (Å²) in [5.74, 6) is 0.322. The molecule has 132 valence electrons. The van der Waals surface area contributed by atoms with Crippen molar-refractivity contribution < 1.29 is 19.1 Å². The van der Waals surface area contributed by atoms with E-state index in [1.165, 1.54) is 0 Å². The van der Waals surface area contributed by atoms with Crippen LogP contribution < -0.4 is 0 Å². The van der Waals surface area contributed by atoms with Gasteiger partial charge in [0.2, 0.25) is 5.91 Å². The fourth-order valence-electron chi connectivity index (χ4n) is 4.34. The van der Waals surface area contributed by atoms with Gasteiger partial charge in [-0.25, -0.2) is 4.79 Å². The average Bonchev–Trinajstić information content (AvgIpc) is 2.65. The van der Waals surface area contributed by atoms with Crippen LogP contribution in [0.15, 0.2) is 30.3 Å². The fourth-order valence-corrected chi connectivity index (χ4v) is 4.34. The van der Waals surface area contributed by atoms with Gasteiger partial charge < -0.3 is 14.5 Å². The molecular formula is C19H22N2O4. The Bertz CT molecular complexity index is 690. The molecule has 3 heterocycles. The number of fused-ring (bicyclic) bond motifs is 4. The van der Waals surface area contributed by atoms with Crippen molar-refractivity contribution >= 4 is 17.8 Å². The lowest BCUT2D eigenvalue weighted by atomic mass is 9.75. The molecular weight excluding hydrogens is 320 g/mol. The first-order valence-electron chi connectivity index (χ1n) is 8.89. The Labute approximate surface area is 146 Å². The molecule has 0 spiro atoms. The topological polar surface area (TPSA) is 66.9 Å². The van der Waals surface area contributed by atoms with Crippen LogP contribution in [0.4, 0.5) is 4.79 Å². The van der Waals surface area contributed by atoms with Gasteiger partial charge in [0.25, 0.3) is 0 Å². The van der Waals surface area contributed by atoms with E-state index in [9.17, 15) is 14.4 Å². The molecule has 0 unspecified atom stereocenters. The zero-order valence-corrected chi connectivity index (χ0v) is 14.1. The molecule has 3 atom stereocenters. The number of benzene rings is 1. The van der Waals surface area contributed by atoms with Gasteiger partial charge in [0.05, 0.1) is 5.92 Å². The SMILES string of the molecule is O=C1CCN2C(=O)[C@@H]3C[C@@H](CN(C(=O)OCc4ccccc4)C3)[C@@H]2C1. The molecule has 6 heteroatoms. The van der Waals surface area contributed by atoms with Crippen molar-refractivity contribution in [3.63, 3.8) is 0 Å². The lowest BCUT2D eigenvalue weighted by molar-refractivity contribution is -0.153. The number of likely N-dealkylation sites (tertiary alicyclic amines) is 1. The minimum Gasteiger partial charge on any atom is -0.445 e. The number of piperidine rings is 3. The first kappa shape index (κ1) is 16.1. The van der Waals surface area contributed by atoms with Crippen LogP contribution in [0.5, 0.6) is 0 Å². The standard InChI is InChI=1S/C19H22N2O4/c22-16-6-7-21-17(9-16)14-8-15(18(21)23)11-20(10-14)19(24)25-12-13-4-2-1-3-5-13/h1-5,14-15,17H,6-12H2/t14-,15+,17-/m0/s1. The Balaban J connectivity index is 1.42. The van der Waals surface area contributed by atoms with E-state index in [0.717, 1.165) is 12.0 Å². The van der Waals surface area contributed by atoms with Crippen molar-refractivity contribution in [1.29, 1.82) is 0 Å². The Morgan fingerprint density at radius 2 is 1.96 bits per heavy atom. The average molecular weight is 342 g/mol. The molecule has 3 aliphatic rings. The largest absolute Gasteiger partial charge is 0.445 e. The lowest BCUT2D eigenvalue weighted by Gasteiger charge is -2.51. The normalized spacial score (nSPS) is 28.6. The number of amides is 2. The molecule has 3 saturated heterocycles. The molecule has 0 N–H and O–H groups in total. The van der Waals surface area contributed by atoms with E-state index in [1.54, 1.807) is 4.90 Å². The highest BCUT2D eigenvalue weighted by Gasteiger charge is 2.48. The number of nitrogens with zero attached hydrogens (tertiary/aromatic N) is 2. The van der Waals surface area contributed by atoms with Gasteiger partial charge in [-0.2, -0.15) is 0 Å². The number of Topliss-reactive ketones (excluding diaryl/α,β-unsaturated/α-hetero) is 1. The summed E-state index contributed by atoms with van der Waals surface area (Å²) < 4.78 is 5.42. The Kier molecular flexibility index (Phi) is 4.19. The van der Waals surface area contributed by atoms with E-state index < -0.39 is 0 Å². The lowest BCUT2D eigenvalue weighted by Crippen LogP contribution is -2.63. The Morgan fingerprint density at radius 1 is 1.16 bits per heavy atom. The van der Waals surface area contributed by atoms with Gasteiger partial charge in [-0.3, -0.25) is 9.59 Å². The minimum atomic E-state index is -0.373. The van der Waals surface area contributed by atoms with Gasteiger partial charge in [-0.1, -0.05) is 30.3 Å². The number of hydrogen-bond donors (Lipinski definition) is 0. The monoisotopic (exact) mass is 342 g/mol. The minimum absolute atomic E-state index is 0.0466. The molecule has 0 aliphatic carbocycles. The number of hydrogen-bond acceptors (Lipinski definition) is 4. The van der Waals surface area contributed by atoms with Gasteiger partial charge in [-0.05, 0) is 17.9 Å². The highest BCUT2D eigenvalue weighted by atomic mass is 16.6. The van der Waals surface area contributed by atoms with Crippen molar-refractivity contribution in [2.75, 3.05) is 19.6 Å². The van der Waals surface area contributed by atoms with Gasteiger partial charge in [0, 0.05) is 38.5 Å². The molecule has 1 aromatic carbocycles. The number of ketones is 1. The predicted octanol–water partition coefficient (Wildman–Crippen LogP) is 1.83. The van der Waals surface area contributed by atoms with Crippen molar-refractivity contribution in [2.45, 2.75) is 31.9 Å². The third kappa shape index (κ3) is 3.13. The summed E-state index contributed by atoms with van der Waals surface area (Å²) in [5.41, 5.74) is 0.938. The summed E-state index contributed by atoms with van der Waals surface area (Å²) in [4.78, 5) is 40.5. The fraction of sp³-hybridized carbons (Fsp3) is 0.526. The zero-order valence-electron chi connectivity index (χ0n) is 14.1. The number of ether oxygens (including phenoxy) is 1. The summed E-state index contributed by atoms with van der Waals surface area (Å²) in [7, 11) is 0. The maximum Gasteiger partial charge on any atom is 0.410 e. The molecule has 0 saturated carbocycles. The summed E-state index contributed by atoms with van der Waals surface area (Å²) in [6, 6.07) is 9.50. The molecule has 0 radical (unpaired) electrons. The molecule has 1 aromatic rings. The Morgan fingerprint density at radius 3 is 2.76 bits per heavy atom. The second-order valence-corrected chi connectivity index (χ2v) is 7.23. The predicted molar refractivity (Wildman–Crippen MR) is 89.5 cm³/mol. The Hall–Kier alpha value is -2.37. The van der Waals surface area contributed by atoms with Crippen LogP contribution in [0, 0.1) is 11.8 Å². The molecule has 25 heavy (non-hydrogen) atoms. The summed E-state index contributed by atoms with van der Waals surface area (Å²) in [6.45, 7) is 1.74. The van der Waals surface area contributed by atoms with E-state index >= 15 is 0 Å². The number of rotatable bonds is 2. The zero-order chi connectivity index (χ0) is 17.4. The highest BCUT2D eigenvalue weighted by Crippen LogP contribution is 2.37. The van der Waals surface area contributed by atoms with Crippen LogP contribution in [0.25, 0.3) is 0 Å². The van der Waals surface area contributed by atoms with Crippen molar-refractivity contribution in [1.82, 2.24) is 9.80 Å². The van der Waals surface area contributed by atoms with Crippen LogP contribution >= 0.6 is 0 Å². The van der Waals surface area contributed by atoms with Gasteiger partial charge in [-0.15, -0.1) is 0 Å². The van der Waals surface area contributed by atoms with E-state index in [-0.39, 0.29) is 42.3 Å². The van der Waals surface area contributed by atoms with Crippen LogP contribution in [0.3, 0.4) is 0 Å². The molecule has 0 aromatic heterocycles. The molecule has 3 aliphatic heterocycles. The summed E-state index contributed by atoms with van der Waals surface area (Å²) in [5, 5.41) is 0. The van der Waals surface area contributed by atoms with E-state index in [1.807, 2.05) is 35.2 Å². The second kappa shape index (κ2) is 6.50. The first-order valence-corrected chi connectivity index (χ1v) is 8.89. The van der Waals surface area contributed by atoms with Gasteiger partial charge in [0.15, 0.2) is 0 Å².